The van der Waals surface area contributed by atoms with E-state index in [4.69, 9.17) is 9.47 Å². The van der Waals surface area contributed by atoms with Gasteiger partial charge in [0.15, 0.2) is 0 Å². The quantitative estimate of drug-likeness (QED) is 0.203. The lowest BCUT2D eigenvalue weighted by Crippen LogP contribution is -2.37. The van der Waals surface area contributed by atoms with Gasteiger partial charge in [-0.25, -0.2) is 9.59 Å². The number of ether oxygens (including phenoxy) is 2. The topological polar surface area (TPSA) is 110 Å². The van der Waals surface area contributed by atoms with Crippen molar-refractivity contribution in [2.24, 2.45) is 0 Å². The predicted octanol–water partition coefficient (Wildman–Crippen LogP) is 6.38. The first-order valence-electron chi connectivity index (χ1n) is 11.9. The molecule has 3 aromatic carbocycles. The van der Waals surface area contributed by atoms with Crippen molar-refractivity contribution in [2.45, 2.75) is 0 Å². The highest BCUT2D eigenvalue weighted by molar-refractivity contribution is 9.10. The number of halogens is 2. The van der Waals surface area contributed by atoms with E-state index in [0.717, 1.165) is 15.2 Å². The van der Waals surface area contributed by atoms with Crippen LogP contribution in [0.5, 0.6) is 0 Å². The van der Waals surface area contributed by atoms with Gasteiger partial charge in [0.05, 0.1) is 24.3 Å². The molecule has 0 aliphatic carbocycles. The summed E-state index contributed by atoms with van der Waals surface area (Å²) in [4.78, 5) is 43.0. The van der Waals surface area contributed by atoms with Crippen molar-refractivity contribution in [2.75, 3.05) is 36.5 Å². The molecule has 0 unspecified atom stereocenters. The van der Waals surface area contributed by atoms with Gasteiger partial charge in [-0.15, -0.1) is 0 Å². The lowest BCUT2D eigenvalue weighted by atomic mass is 10.1. The van der Waals surface area contributed by atoms with Gasteiger partial charge in [-0.1, -0.05) is 58.4 Å². The second kappa shape index (κ2) is 13.7. The van der Waals surface area contributed by atoms with Crippen molar-refractivity contribution in [3.05, 3.63) is 99.7 Å². The Kier molecular flexibility index (Phi) is 9.87. The number of hydrogen-bond donors (Lipinski definition) is 2. The molecule has 200 valence electrons. The lowest BCUT2D eigenvalue weighted by Gasteiger charge is -2.22. The van der Waals surface area contributed by atoms with Crippen LogP contribution in [0.25, 0.3) is 10.8 Å². The first-order chi connectivity index (χ1) is 18.9. The van der Waals surface area contributed by atoms with Crippen LogP contribution >= 0.6 is 31.9 Å². The fourth-order valence-electron chi connectivity index (χ4n) is 3.70. The number of fused-ring (bicyclic) bond motifs is 1. The predicted molar refractivity (Wildman–Crippen MR) is 156 cm³/mol. The molecule has 0 aliphatic heterocycles. The van der Waals surface area contributed by atoms with Crippen molar-refractivity contribution in [1.29, 1.82) is 0 Å². The molecule has 3 amide bonds. The molecule has 0 bridgehead atoms. The van der Waals surface area contributed by atoms with Crippen LogP contribution in [0.4, 0.5) is 21.0 Å². The van der Waals surface area contributed by atoms with E-state index in [1.807, 2.05) is 42.5 Å². The number of rotatable bonds is 9. The van der Waals surface area contributed by atoms with E-state index in [9.17, 15) is 14.4 Å². The normalized spacial score (nSPS) is 10.5. The Morgan fingerprint density at radius 3 is 2.46 bits per heavy atom. The highest BCUT2D eigenvalue weighted by atomic mass is 79.9. The van der Waals surface area contributed by atoms with E-state index in [0.29, 0.717) is 21.4 Å². The van der Waals surface area contributed by atoms with Crippen molar-refractivity contribution in [1.82, 2.24) is 10.3 Å². The van der Waals surface area contributed by atoms with Gasteiger partial charge in [0.1, 0.15) is 13.2 Å². The van der Waals surface area contributed by atoms with Crippen LogP contribution in [-0.4, -0.2) is 49.4 Å². The van der Waals surface area contributed by atoms with Crippen molar-refractivity contribution >= 4 is 72.1 Å². The van der Waals surface area contributed by atoms with E-state index in [1.165, 1.54) is 11.1 Å². The molecule has 11 heteroatoms. The number of anilines is 2. The van der Waals surface area contributed by atoms with Crippen LogP contribution in [0, 0.1) is 0 Å². The monoisotopic (exact) mass is 654 g/mol. The largest absolute Gasteiger partial charge is 0.447 e. The third-order valence-corrected chi connectivity index (χ3v) is 6.42. The van der Waals surface area contributed by atoms with Gasteiger partial charge in [-0.2, -0.15) is 0 Å². The lowest BCUT2D eigenvalue weighted by molar-refractivity contribution is 0.0935. The summed E-state index contributed by atoms with van der Waals surface area (Å²) >= 11 is 6.68. The average Bonchev–Trinajstić information content (AvgIpc) is 2.93. The summed E-state index contributed by atoms with van der Waals surface area (Å²) in [6.07, 6.45) is 1.73. The summed E-state index contributed by atoms with van der Waals surface area (Å²) in [7, 11) is 0. The molecule has 0 radical (unpaired) electrons. The fourth-order valence-corrected chi connectivity index (χ4v) is 4.45. The van der Waals surface area contributed by atoms with E-state index < -0.39 is 12.2 Å². The Hall–Kier alpha value is -3.96. The van der Waals surface area contributed by atoms with E-state index in [-0.39, 0.29) is 32.2 Å². The summed E-state index contributed by atoms with van der Waals surface area (Å²) in [6, 6.07) is 22.0. The highest BCUT2D eigenvalue weighted by Crippen LogP contribution is 2.23. The standard InChI is InChI=1S/C28H24Br2N4O5/c29-21-7-4-8-23(16-21)34(28(37)39-13-11-32-26(35)20-15-22(30)18-31-17-20)12-14-38-27(36)33-25-10-3-6-19-5-1-2-9-24(19)25/h1-10,15-18H,11-14H2,(H,32,35)(H,33,36). The zero-order valence-electron chi connectivity index (χ0n) is 20.6. The number of hydrogen-bond acceptors (Lipinski definition) is 6. The number of pyridine rings is 1. The zero-order chi connectivity index (χ0) is 27.6. The fraction of sp³-hybridized carbons (Fsp3) is 0.143. The smallest absolute Gasteiger partial charge is 0.414 e. The minimum absolute atomic E-state index is 0.0499. The molecule has 0 aliphatic rings. The number of carbonyl (C=O) groups excluding carboxylic acids is 3. The van der Waals surface area contributed by atoms with Gasteiger partial charge in [0.2, 0.25) is 0 Å². The molecular weight excluding hydrogens is 632 g/mol. The Labute approximate surface area is 241 Å². The Morgan fingerprint density at radius 1 is 0.846 bits per heavy atom. The van der Waals surface area contributed by atoms with E-state index >= 15 is 0 Å². The zero-order valence-corrected chi connectivity index (χ0v) is 23.8. The van der Waals surface area contributed by atoms with Gasteiger partial charge in [0.25, 0.3) is 5.91 Å². The van der Waals surface area contributed by atoms with Crippen LogP contribution in [-0.2, 0) is 9.47 Å². The minimum atomic E-state index is -0.649. The molecule has 0 atom stereocenters. The van der Waals surface area contributed by atoms with Gasteiger partial charge < -0.3 is 14.8 Å². The second-order valence-corrected chi connectivity index (χ2v) is 10.0. The Bertz CT molecular complexity index is 1480. The first-order valence-corrected chi connectivity index (χ1v) is 13.5. The van der Waals surface area contributed by atoms with Crippen LogP contribution < -0.4 is 15.5 Å². The first kappa shape index (κ1) is 28.1. The average molecular weight is 656 g/mol. The SMILES string of the molecule is O=C(Nc1cccc2ccccc12)OCCN(C(=O)OCCNC(=O)c1cncc(Br)c1)c1cccc(Br)c1. The number of amides is 3. The van der Waals surface area contributed by atoms with Gasteiger partial charge in [-0.3, -0.25) is 20.0 Å². The number of benzene rings is 3. The van der Waals surface area contributed by atoms with Crippen molar-refractivity contribution < 1.29 is 23.9 Å². The number of aromatic nitrogens is 1. The molecule has 1 aromatic heterocycles. The van der Waals surface area contributed by atoms with Crippen LogP contribution in [0.2, 0.25) is 0 Å². The molecule has 2 N–H and O–H groups in total. The van der Waals surface area contributed by atoms with Gasteiger partial charge in [0, 0.05) is 32.4 Å². The molecule has 1 heterocycles. The number of nitrogens with zero attached hydrogens (tertiary/aromatic N) is 2. The maximum atomic E-state index is 12.9. The molecule has 39 heavy (non-hydrogen) atoms. The summed E-state index contributed by atoms with van der Waals surface area (Å²) in [5.41, 5.74) is 1.56. The maximum absolute atomic E-state index is 12.9. The molecule has 9 nitrogen and oxygen atoms in total. The molecule has 0 saturated carbocycles. The number of carbonyl (C=O) groups is 3. The third kappa shape index (κ3) is 8.01. The van der Waals surface area contributed by atoms with Crippen LogP contribution in [0.15, 0.2) is 94.1 Å². The third-order valence-electron chi connectivity index (χ3n) is 5.49. The van der Waals surface area contributed by atoms with Crippen molar-refractivity contribution in [3.63, 3.8) is 0 Å². The van der Waals surface area contributed by atoms with Gasteiger partial charge in [-0.05, 0) is 51.6 Å². The van der Waals surface area contributed by atoms with Crippen LogP contribution in [0.1, 0.15) is 10.4 Å². The maximum Gasteiger partial charge on any atom is 0.414 e. The summed E-state index contributed by atoms with van der Waals surface area (Å²) < 4.78 is 12.2. The summed E-state index contributed by atoms with van der Waals surface area (Å²) in [5, 5.41) is 7.32. The molecular formula is C28H24Br2N4O5. The van der Waals surface area contributed by atoms with E-state index in [2.05, 4.69) is 47.5 Å². The summed E-state index contributed by atoms with van der Waals surface area (Å²) in [6.45, 7) is 0.0193. The molecule has 4 rings (SSSR count). The number of nitrogens with one attached hydrogen (secondary N) is 2. The molecule has 4 aromatic rings. The second-order valence-electron chi connectivity index (χ2n) is 8.18. The molecule has 0 fully saturated rings. The van der Waals surface area contributed by atoms with Gasteiger partial charge >= 0.3 is 12.2 Å². The molecule has 0 saturated heterocycles. The van der Waals surface area contributed by atoms with E-state index in [1.54, 1.807) is 36.5 Å². The van der Waals surface area contributed by atoms with Crippen molar-refractivity contribution in [3.8, 4) is 0 Å². The minimum Gasteiger partial charge on any atom is -0.447 e. The highest BCUT2D eigenvalue weighted by Gasteiger charge is 2.19. The Balaban J connectivity index is 1.31. The van der Waals surface area contributed by atoms with Crippen LogP contribution in [0.3, 0.4) is 0 Å². The molecule has 0 spiro atoms. The summed E-state index contributed by atoms with van der Waals surface area (Å²) in [5.74, 6) is -0.339. The Morgan fingerprint density at radius 2 is 1.64 bits per heavy atom.